The van der Waals surface area contributed by atoms with E-state index in [2.05, 4.69) is 10.6 Å². The number of methoxy groups -OCH3 is 3. The van der Waals surface area contributed by atoms with E-state index < -0.39 is 6.10 Å². The van der Waals surface area contributed by atoms with E-state index in [1.807, 2.05) is 0 Å². The fraction of sp³-hybridized carbons (Fsp3) is 0.533. The molecule has 0 spiro atoms. The number of amides is 2. The Morgan fingerprint density at radius 3 is 2.23 bits per heavy atom. The number of ether oxygens (including phenoxy) is 3. The first-order valence-corrected chi connectivity index (χ1v) is 7.14. The van der Waals surface area contributed by atoms with Crippen LogP contribution >= 0.6 is 0 Å². The number of hydrogen-bond acceptors (Lipinski definition) is 5. The van der Waals surface area contributed by atoms with Gasteiger partial charge < -0.3 is 30.0 Å². The zero-order valence-electron chi connectivity index (χ0n) is 13.0. The molecular formula is C15H22N2O5. The molecule has 1 aromatic rings. The van der Waals surface area contributed by atoms with E-state index in [9.17, 15) is 9.90 Å². The van der Waals surface area contributed by atoms with E-state index in [1.54, 1.807) is 12.1 Å². The maximum Gasteiger partial charge on any atom is 0.319 e. The monoisotopic (exact) mass is 310 g/mol. The second-order valence-electron chi connectivity index (χ2n) is 5.12. The largest absolute Gasteiger partial charge is 0.493 e. The molecule has 22 heavy (non-hydrogen) atoms. The topological polar surface area (TPSA) is 89.1 Å². The summed E-state index contributed by atoms with van der Waals surface area (Å²) in [5.41, 5.74) is 0.513. The molecule has 0 saturated heterocycles. The van der Waals surface area contributed by atoms with Gasteiger partial charge in [-0.2, -0.15) is 0 Å². The predicted octanol–water partition coefficient (Wildman–Crippen LogP) is 1.75. The lowest BCUT2D eigenvalue weighted by atomic mass is 10.2. The summed E-state index contributed by atoms with van der Waals surface area (Å²) >= 11 is 0. The second-order valence-corrected chi connectivity index (χ2v) is 5.12. The van der Waals surface area contributed by atoms with Gasteiger partial charge in [-0.1, -0.05) is 0 Å². The molecule has 0 aliphatic heterocycles. The van der Waals surface area contributed by atoms with Crippen LogP contribution in [0.4, 0.5) is 10.5 Å². The van der Waals surface area contributed by atoms with Gasteiger partial charge in [-0.15, -0.1) is 0 Å². The summed E-state index contributed by atoms with van der Waals surface area (Å²) < 4.78 is 15.7. The summed E-state index contributed by atoms with van der Waals surface area (Å²) in [5.74, 6) is 1.37. The van der Waals surface area contributed by atoms with Crippen molar-refractivity contribution in [3.8, 4) is 17.2 Å². The van der Waals surface area contributed by atoms with Crippen LogP contribution in [-0.4, -0.2) is 44.6 Å². The second kappa shape index (κ2) is 7.22. The SMILES string of the molecule is COc1cc(NC(=O)NC2CCCC2O)cc(OC)c1OC. The van der Waals surface area contributed by atoms with E-state index in [0.29, 0.717) is 22.9 Å². The third-order valence-electron chi connectivity index (χ3n) is 3.72. The van der Waals surface area contributed by atoms with E-state index in [-0.39, 0.29) is 12.1 Å². The molecule has 2 amide bonds. The van der Waals surface area contributed by atoms with Crippen molar-refractivity contribution >= 4 is 11.7 Å². The van der Waals surface area contributed by atoms with Crippen LogP contribution in [0.2, 0.25) is 0 Å². The molecule has 7 nitrogen and oxygen atoms in total. The minimum absolute atomic E-state index is 0.206. The average molecular weight is 310 g/mol. The third kappa shape index (κ3) is 3.54. The normalized spacial score (nSPS) is 20.4. The summed E-state index contributed by atoms with van der Waals surface area (Å²) in [6.07, 6.45) is 1.93. The highest BCUT2D eigenvalue weighted by molar-refractivity contribution is 5.90. The smallest absolute Gasteiger partial charge is 0.319 e. The van der Waals surface area contributed by atoms with E-state index >= 15 is 0 Å². The lowest BCUT2D eigenvalue weighted by Gasteiger charge is -2.18. The summed E-state index contributed by atoms with van der Waals surface area (Å²) in [4.78, 5) is 12.0. The number of rotatable bonds is 5. The lowest BCUT2D eigenvalue weighted by Crippen LogP contribution is -2.42. The number of aliphatic hydroxyl groups is 1. The third-order valence-corrected chi connectivity index (χ3v) is 3.72. The van der Waals surface area contributed by atoms with Crippen molar-refractivity contribution in [2.75, 3.05) is 26.6 Å². The van der Waals surface area contributed by atoms with E-state index in [0.717, 1.165) is 19.3 Å². The molecule has 2 atom stereocenters. The Labute approximate surface area is 129 Å². The van der Waals surface area contributed by atoms with Crippen molar-refractivity contribution in [1.82, 2.24) is 5.32 Å². The van der Waals surface area contributed by atoms with Crippen LogP contribution in [-0.2, 0) is 0 Å². The Balaban J connectivity index is 2.10. The van der Waals surface area contributed by atoms with Crippen LogP contribution < -0.4 is 24.8 Å². The van der Waals surface area contributed by atoms with E-state index in [1.165, 1.54) is 21.3 Å². The fourth-order valence-electron chi connectivity index (χ4n) is 2.60. The maximum absolute atomic E-state index is 12.0. The van der Waals surface area contributed by atoms with Gasteiger partial charge in [0.05, 0.1) is 39.2 Å². The molecule has 0 aromatic heterocycles. The van der Waals surface area contributed by atoms with Crippen LogP contribution in [0.1, 0.15) is 19.3 Å². The van der Waals surface area contributed by atoms with Gasteiger partial charge in [-0.05, 0) is 19.3 Å². The zero-order valence-corrected chi connectivity index (χ0v) is 13.0. The molecule has 122 valence electrons. The van der Waals surface area contributed by atoms with Crippen molar-refractivity contribution in [2.24, 2.45) is 0 Å². The van der Waals surface area contributed by atoms with Crippen molar-refractivity contribution in [3.05, 3.63) is 12.1 Å². The molecule has 2 rings (SSSR count). The number of carbonyl (C=O) groups is 1. The number of nitrogens with one attached hydrogen (secondary N) is 2. The molecule has 0 radical (unpaired) electrons. The number of urea groups is 1. The summed E-state index contributed by atoms with van der Waals surface area (Å²) in [6, 6.07) is 2.71. The highest BCUT2D eigenvalue weighted by Gasteiger charge is 2.26. The van der Waals surface area contributed by atoms with Crippen molar-refractivity contribution in [1.29, 1.82) is 0 Å². The summed E-state index contributed by atoms with van der Waals surface area (Å²) in [6.45, 7) is 0. The molecule has 1 aliphatic carbocycles. The van der Waals surface area contributed by atoms with Crippen LogP contribution in [0.15, 0.2) is 12.1 Å². The number of hydrogen-bond donors (Lipinski definition) is 3. The van der Waals surface area contributed by atoms with Crippen LogP contribution in [0.3, 0.4) is 0 Å². The Hall–Kier alpha value is -2.15. The predicted molar refractivity (Wildman–Crippen MR) is 81.9 cm³/mol. The molecule has 2 unspecified atom stereocenters. The van der Waals surface area contributed by atoms with Crippen LogP contribution in [0.5, 0.6) is 17.2 Å². The van der Waals surface area contributed by atoms with E-state index in [4.69, 9.17) is 14.2 Å². The quantitative estimate of drug-likeness (QED) is 0.771. The van der Waals surface area contributed by atoms with Crippen LogP contribution in [0.25, 0.3) is 0 Å². The minimum atomic E-state index is -0.481. The van der Waals surface area contributed by atoms with Gasteiger partial charge in [0.25, 0.3) is 0 Å². The van der Waals surface area contributed by atoms with Gasteiger partial charge in [0.2, 0.25) is 5.75 Å². The summed E-state index contributed by atoms with van der Waals surface area (Å²) in [7, 11) is 4.54. The zero-order chi connectivity index (χ0) is 16.1. The van der Waals surface area contributed by atoms with Gasteiger partial charge in [0, 0.05) is 12.1 Å². The van der Waals surface area contributed by atoms with Gasteiger partial charge >= 0.3 is 6.03 Å². The fourth-order valence-corrected chi connectivity index (χ4v) is 2.60. The Bertz CT molecular complexity index is 510. The first kappa shape index (κ1) is 16.2. The van der Waals surface area contributed by atoms with Gasteiger partial charge in [0.15, 0.2) is 11.5 Å². The molecule has 0 heterocycles. The number of aliphatic hydroxyl groups excluding tert-OH is 1. The minimum Gasteiger partial charge on any atom is -0.493 e. The number of anilines is 1. The average Bonchev–Trinajstić information content (AvgIpc) is 2.91. The van der Waals surface area contributed by atoms with Crippen molar-refractivity contribution < 1.29 is 24.1 Å². The Kier molecular flexibility index (Phi) is 5.32. The first-order chi connectivity index (χ1) is 10.6. The highest BCUT2D eigenvalue weighted by Crippen LogP contribution is 2.39. The van der Waals surface area contributed by atoms with Gasteiger partial charge in [-0.3, -0.25) is 0 Å². The lowest BCUT2D eigenvalue weighted by molar-refractivity contribution is 0.151. The number of benzene rings is 1. The van der Waals surface area contributed by atoms with Gasteiger partial charge in [0.1, 0.15) is 0 Å². The van der Waals surface area contributed by atoms with Crippen molar-refractivity contribution in [3.63, 3.8) is 0 Å². The molecule has 7 heteroatoms. The van der Waals surface area contributed by atoms with Gasteiger partial charge in [-0.25, -0.2) is 4.79 Å². The molecular weight excluding hydrogens is 288 g/mol. The molecule has 1 fully saturated rings. The summed E-state index contributed by atoms with van der Waals surface area (Å²) in [5, 5.41) is 15.2. The molecule has 3 N–H and O–H groups in total. The Morgan fingerprint density at radius 1 is 1.14 bits per heavy atom. The molecule has 1 aliphatic rings. The number of carbonyl (C=O) groups excluding carboxylic acids is 1. The molecule has 1 aromatic carbocycles. The standard InChI is InChI=1S/C15H22N2O5/c1-20-12-7-9(8-13(21-2)14(12)22-3)16-15(19)17-10-5-4-6-11(10)18/h7-8,10-11,18H,4-6H2,1-3H3,(H2,16,17,19). The highest BCUT2D eigenvalue weighted by atomic mass is 16.5. The molecule has 0 bridgehead atoms. The Morgan fingerprint density at radius 2 is 1.77 bits per heavy atom. The molecule has 1 saturated carbocycles. The first-order valence-electron chi connectivity index (χ1n) is 7.14. The van der Waals surface area contributed by atoms with Crippen LogP contribution in [0, 0.1) is 0 Å². The van der Waals surface area contributed by atoms with Crippen molar-refractivity contribution in [2.45, 2.75) is 31.4 Å². The maximum atomic E-state index is 12.0.